The fraction of sp³-hybridized carbons (Fsp3) is 0.857. The molecule has 0 saturated carbocycles. The van der Waals surface area contributed by atoms with Crippen molar-refractivity contribution in [3.8, 4) is 0 Å². The Morgan fingerprint density at radius 2 is 2.42 bits per heavy atom. The third-order valence-electron chi connectivity index (χ3n) is 1.80. The zero-order valence-electron chi connectivity index (χ0n) is 6.92. The van der Waals surface area contributed by atoms with Crippen LogP contribution >= 0.6 is 0 Å². The molecular weight excluding hydrogens is 158 g/mol. The highest BCUT2D eigenvalue weighted by Gasteiger charge is 2.22. The first kappa shape index (κ1) is 9.44. The number of carbonyl (C=O) groups excluding carboxylic acids is 1. The summed E-state index contributed by atoms with van der Waals surface area (Å²) >= 11 is 0. The Bertz CT molecular complexity index is 163. The van der Waals surface area contributed by atoms with E-state index in [2.05, 4.69) is 10.6 Å². The number of carbonyl (C=O) groups is 1. The van der Waals surface area contributed by atoms with Gasteiger partial charge in [0, 0.05) is 0 Å². The predicted octanol–water partition coefficient (Wildman–Crippen LogP) is -1.52. The number of aliphatic hydroxyl groups is 1. The van der Waals surface area contributed by atoms with Crippen LogP contribution in [0.2, 0.25) is 0 Å². The lowest BCUT2D eigenvalue weighted by atomic mass is 10.2. The second-order valence-electron chi connectivity index (χ2n) is 2.94. The maximum atomic E-state index is 10.9. The van der Waals surface area contributed by atoms with Gasteiger partial charge in [0.05, 0.1) is 12.6 Å². The summed E-state index contributed by atoms with van der Waals surface area (Å²) in [6, 6.07) is 0. The third kappa shape index (κ3) is 2.77. The summed E-state index contributed by atoms with van der Waals surface area (Å²) < 4.78 is 0. The van der Waals surface area contributed by atoms with Crippen LogP contribution in [0.5, 0.6) is 0 Å². The Labute approximate surface area is 71.3 Å². The molecule has 2 unspecified atom stereocenters. The normalized spacial score (nSPS) is 30.0. The number of hydrogen-bond acceptors (Lipinski definition) is 4. The molecule has 0 aromatic heterocycles. The molecule has 0 spiro atoms. The van der Waals surface area contributed by atoms with Crippen molar-refractivity contribution in [2.24, 2.45) is 5.73 Å². The maximum Gasteiger partial charge on any atom is 0.225 e. The van der Waals surface area contributed by atoms with Crippen LogP contribution in [0.4, 0.5) is 0 Å². The van der Waals surface area contributed by atoms with E-state index in [4.69, 9.17) is 10.8 Å². The topological polar surface area (TPSA) is 87.4 Å². The van der Waals surface area contributed by atoms with Crippen LogP contribution in [0.3, 0.4) is 0 Å². The number of hydrogen-bond donors (Lipinski definition) is 4. The highest BCUT2D eigenvalue weighted by molar-refractivity contribution is 5.77. The van der Waals surface area contributed by atoms with Crippen molar-refractivity contribution in [3.05, 3.63) is 0 Å². The summed E-state index contributed by atoms with van der Waals surface area (Å²) in [5.41, 5.74) is 5.31. The standard InChI is InChI=1S/C7H15N3O2/c8-3-1-2-5-9-6(11)4-7(12)10-5/h5-6,9,11H,1-4,8H2,(H,10,12). The first-order chi connectivity index (χ1) is 5.72. The molecule has 0 aromatic carbocycles. The number of nitrogens with two attached hydrogens (primary N) is 1. The molecule has 1 rings (SSSR count). The molecule has 70 valence electrons. The molecule has 1 fully saturated rings. The van der Waals surface area contributed by atoms with Gasteiger partial charge in [0.2, 0.25) is 5.91 Å². The molecule has 5 N–H and O–H groups in total. The van der Waals surface area contributed by atoms with Gasteiger partial charge in [-0.3, -0.25) is 10.1 Å². The van der Waals surface area contributed by atoms with Crippen molar-refractivity contribution in [3.63, 3.8) is 0 Å². The molecular formula is C7H15N3O2. The molecule has 5 heteroatoms. The smallest absolute Gasteiger partial charge is 0.225 e. The van der Waals surface area contributed by atoms with Gasteiger partial charge in [-0.2, -0.15) is 0 Å². The zero-order valence-corrected chi connectivity index (χ0v) is 6.92. The molecule has 1 amide bonds. The second-order valence-corrected chi connectivity index (χ2v) is 2.94. The zero-order chi connectivity index (χ0) is 8.97. The number of nitrogens with one attached hydrogen (secondary N) is 2. The molecule has 5 nitrogen and oxygen atoms in total. The summed E-state index contributed by atoms with van der Waals surface area (Å²) in [5, 5.41) is 14.7. The van der Waals surface area contributed by atoms with E-state index in [1.807, 2.05) is 0 Å². The first-order valence-corrected chi connectivity index (χ1v) is 4.16. The van der Waals surface area contributed by atoms with E-state index >= 15 is 0 Å². The largest absolute Gasteiger partial charge is 0.378 e. The van der Waals surface area contributed by atoms with E-state index in [0.29, 0.717) is 6.54 Å². The van der Waals surface area contributed by atoms with E-state index in [1.54, 1.807) is 0 Å². The molecule has 1 saturated heterocycles. The van der Waals surface area contributed by atoms with Crippen LogP contribution in [-0.2, 0) is 4.79 Å². The fourth-order valence-corrected chi connectivity index (χ4v) is 1.24. The second kappa shape index (κ2) is 4.39. The highest BCUT2D eigenvalue weighted by Crippen LogP contribution is 2.02. The van der Waals surface area contributed by atoms with Crippen LogP contribution in [0, 0.1) is 0 Å². The minimum atomic E-state index is -0.707. The van der Waals surface area contributed by atoms with Crippen LogP contribution in [0.1, 0.15) is 19.3 Å². The Morgan fingerprint density at radius 3 is 3.00 bits per heavy atom. The van der Waals surface area contributed by atoms with Gasteiger partial charge in [-0.05, 0) is 19.4 Å². The molecule has 1 heterocycles. The highest BCUT2D eigenvalue weighted by atomic mass is 16.3. The molecule has 0 aromatic rings. The number of rotatable bonds is 3. The van der Waals surface area contributed by atoms with Gasteiger partial charge in [-0.1, -0.05) is 0 Å². The Kier molecular flexibility index (Phi) is 3.46. The molecule has 1 aliphatic rings. The van der Waals surface area contributed by atoms with Gasteiger partial charge in [0.15, 0.2) is 0 Å². The van der Waals surface area contributed by atoms with Gasteiger partial charge < -0.3 is 16.2 Å². The molecule has 1 aliphatic heterocycles. The lowest BCUT2D eigenvalue weighted by Crippen LogP contribution is -2.56. The van der Waals surface area contributed by atoms with Crippen molar-refractivity contribution in [1.29, 1.82) is 0 Å². The van der Waals surface area contributed by atoms with Gasteiger partial charge >= 0.3 is 0 Å². The van der Waals surface area contributed by atoms with E-state index in [9.17, 15) is 4.79 Å². The van der Waals surface area contributed by atoms with E-state index < -0.39 is 6.23 Å². The van der Waals surface area contributed by atoms with Crippen molar-refractivity contribution in [2.45, 2.75) is 31.7 Å². The summed E-state index contributed by atoms with van der Waals surface area (Å²) in [5.74, 6) is -0.108. The summed E-state index contributed by atoms with van der Waals surface area (Å²) in [7, 11) is 0. The fourth-order valence-electron chi connectivity index (χ4n) is 1.24. The first-order valence-electron chi connectivity index (χ1n) is 4.16. The minimum Gasteiger partial charge on any atom is -0.378 e. The minimum absolute atomic E-state index is 0.108. The lowest BCUT2D eigenvalue weighted by molar-refractivity contribution is -0.127. The van der Waals surface area contributed by atoms with Gasteiger partial charge in [-0.25, -0.2) is 0 Å². The van der Waals surface area contributed by atoms with E-state index in [1.165, 1.54) is 0 Å². The van der Waals surface area contributed by atoms with E-state index in [-0.39, 0.29) is 18.5 Å². The van der Waals surface area contributed by atoms with Crippen LogP contribution in [0.15, 0.2) is 0 Å². The summed E-state index contributed by atoms with van der Waals surface area (Å²) in [4.78, 5) is 10.9. The Morgan fingerprint density at radius 1 is 1.67 bits per heavy atom. The average Bonchev–Trinajstić information content (AvgIpc) is 1.99. The van der Waals surface area contributed by atoms with Crippen molar-refractivity contribution < 1.29 is 9.90 Å². The Hall–Kier alpha value is -0.650. The van der Waals surface area contributed by atoms with Gasteiger partial charge in [0.25, 0.3) is 0 Å². The maximum absolute atomic E-state index is 10.9. The SMILES string of the molecule is NCCCC1NC(=O)CC(O)N1. The predicted molar refractivity (Wildman–Crippen MR) is 44.0 cm³/mol. The van der Waals surface area contributed by atoms with Gasteiger partial charge in [-0.15, -0.1) is 0 Å². The average molecular weight is 173 g/mol. The quantitative estimate of drug-likeness (QED) is 0.417. The summed E-state index contributed by atoms with van der Waals surface area (Å²) in [6.07, 6.45) is 0.912. The molecule has 0 aliphatic carbocycles. The molecule has 12 heavy (non-hydrogen) atoms. The van der Waals surface area contributed by atoms with E-state index in [0.717, 1.165) is 12.8 Å². The number of aliphatic hydroxyl groups excluding tert-OH is 1. The Balaban J connectivity index is 2.29. The van der Waals surface area contributed by atoms with Crippen molar-refractivity contribution >= 4 is 5.91 Å². The van der Waals surface area contributed by atoms with Crippen LogP contribution < -0.4 is 16.4 Å². The van der Waals surface area contributed by atoms with Crippen LogP contribution in [-0.4, -0.2) is 30.0 Å². The molecule has 0 radical (unpaired) electrons. The van der Waals surface area contributed by atoms with Crippen LogP contribution in [0.25, 0.3) is 0 Å². The van der Waals surface area contributed by atoms with Crippen molar-refractivity contribution in [2.75, 3.05) is 6.54 Å². The van der Waals surface area contributed by atoms with Gasteiger partial charge in [0.1, 0.15) is 6.23 Å². The summed E-state index contributed by atoms with van der Waals surface area (Å²) in [6.45, 7) is 0.601. The molecule has 2 atom stereocenters. The molecule has 0 bridgehead atoms. The third-order valence-corrected chi connectivity index (χ3v) is 1.80. The van der Waals surface area contributed by atoms with Crippen molar-refractivity contribution in [1.82, 2.24) is 10.6 Å². The monoisotopic (exact) mass is 173 g/mol. The lowest BCUT2D eigenvalue weighted by Gasteiger charge is -2.28. The number of amides is 1.